The fourth-order valence-electron chi connectivity index (χ4n) is 7.80. The number of rotatable bonds is 14. The van der Waals surface area contributed by atoms with E-state index in [1.54, 1.807) is 0 Å². The lowest BCUT2D eigenvalue weighted by atomic mass is 10.0. The summed E-state index contributed by atoms with van der Waals surface area (Å²) in [7, 11) is -1.80. The molecule has 0 radical (unpaired) electrons. The maximum absolute atomic E-state index is 15.5. The van der Waals surface area contributed by atoms with Crippen LogP contribution in [0, 0.1) is 17.6 Å². The van der Waals surface area contributed by atoms with Crippen molar-refractivity contribution >= 4 is 45.2 Å². The van der Waals surface area contributed by atoms with Gasteiger partial charge in [0, 0.05) is 48.7 Å². The number of carbonyl (C=O) groups excluding carboxylic acids is 1. The number of aromatic nitrogens is 8. The highest BCUT2D eigenvalue weighted by Crippen LogP contribution is 2.68. The van der Waals surface area contributed by atoms with Crippen LogP contribution < -0.4 is 15.6 Å². The van der Waals surface area contributed by atoms with Crippen LogP contribution in [0.25, 0.3) is 28.1 Å². The maximum atomic E-state index is 15.5. The Labute approximate surface area is 346 Å². The van der Waals surface area contributed by atoms with Crippen LogP contribution in [0.15, 0.2) is 53.6 Å². The highest BCUT2D eigenvalue weighted by Gasteiger charge is 2.67. The van der Waals surface area contributed by atoms with Crippen molar-refractivity contribution in [3.05, 3.63) is 110 Å². The average molecular weight is 895 g/mol. The van der Waals surface area contributed by atoms with E-state index in [1.807, 2.05) is 6.92 Å². The first kappa shape index (κ1) is 41.9. The number of amides is 1. The number of benzene rings is 2. The predicted octanol–water partition coefficient (Wildman–Crippen LogP) is 6.95. The summed E-state index contributed by atoms with van der Waals surface area (Å²) in [6.07, 6.45) is -2.11. The molecule has 6 aromatic rings. The number of nitrogens with one attached hydrogen (secondary N) is 2. The van der Waals surface area contributed by atoms with Gasteiger partial charge in [-0.25, -0.2) is 45.5 Å². The van der Waals surface area contributed by atoms with Gasteiger partial charge in [0.2, 0.25) is 5.91 Å². The Morgan fingerprint density at radius 1 is 1.02 bits per heavy atom. The monoisotopic (exact) mass is 894 g/mol. The molecule has 8 rings (SSSR count). The molecule has 23 heteroatoms. The molecule has 2 aromatic carbocycles. The number of aryl methyl sites for hydroxylation is 1. The van der Waals surface area contributed by atoms with Crippen LogP contribution in [0.2, 0.25) is 5.02 Å². The molecule has 320 valence electrons. The number of nitrogens with zero attached hydrogens (tertiary/aromatic N) is 8. The second kappa shape index (κ2) is 15.9. The Balaban J connectivity index is 1.34. The third-order valence-electron chi connectivity index (χ3n) is 10.4. The summed E-state index contributed by atoms with van der Waals surface area (Å²) in [5, 5.41) is 10.3. The minimum Gasteiger partial charge on any atom is -0.344 e. The van der Waals surface area contributed by atoms with E-state index in [9.17, 15) is 40.1 Å². The standard InChI is InChI=1S/C38H31ClF8N10O3S/c1-3-16-12-48-35(49-13-16)23-11-28(59)57(25-5-4-22(39)30-32(25)55(14-26(42)43)53-36(30)54-61(2)60)37(51-23)24(8-17-6-18(40)9-19(41)7-17)50-27(58)15-56-33-29(31(52-56)34(44)45)20-10-21(20)38(33,46)47/h4-7,9,11-13,20-21,24,26,34H,3,8,10,14-15H2,1-2H3,(H,50,58)(H,53,54). The van der Waals surface area contributed by atoms with Crippen LogP contribution in [-0.4, -0.2) is 61.9 Å². The molecule has 0 aliphatic heterocycles. The molecule has 4 heterocycles. The van der Waals surface area contributed by atoms with Gasteiger partial charge in [-0.2, -0.15) is 19.0 Å². The molecule has 1 amide bonds. The van der Waals surface area contributed by atoms with Gasteiger partial charge in [-0.05, 0) is 54.2 Å². The van der Waals surface area contributed by atoms with Gasteiger partial charge < -0.3 is 5.32 Å². The lowest BCUT2D eigenvalue weighted by molar-refractivity contribution is -0.123. The molecule has 0 spiro atoms. The summed E-state index contributed by atoms with van der Waals surface area (Å²) >= 11 is 6.57. The summed E-state index contributed by atoms with van der Waals surface area (Å²) in [5.41, 5.74) is -2.95. The number of carbonyl (C=O) groups is 1. The Kier molecular flexibility index (Phi) is 10.9. The van der Waals surface area contributed by atoms with E-state index >= 15 is 8.78 Å². The minimum absolute atomic E-state index is 0.0314. The van der Waals surface area contributed by atoms with Gasteiger partial charge >= 0.3 is 0 Å². The molecule has 2 aliphatic rings. The van der Waals surface area contributed by atoms with Crippen LogP contribution in [-0.2, 0) is 47.6 Å². The lowest BCUT2D eigenvalue weighted by Gasteiger charge is -2.24. The van der Waals surface area contributed by atoms with Crippen molar-refractivity contribution < 1.29 is 44.1 Å². The molecule has 0 bridgehead atoms. The van der Waals surface area contributed by atoms with E-state index in [0.29, 0.717) is 22.7 Å². The summed E-state index contributed by atoms with van der Waals surface area (Å²) < 4.78 is 134. The summed E-state index contributed by atoms with van der Waals surface area (Å²) in [5.74, 6) is -9.56. The predicted molar refractivity (Wildman–Crippen MR) is 205 cm³/mol. The van der Waals surface area contributed by atoms with Gasteiger partial charge in [0.15, 0.2) is 11.6 Å². The molecule has 2 aliphatic carbocycles. The normalized spacial score (nSPS) is 17.5. The zero-order valence-corrected chi connectivity index (χ0v) is 33.2. The fraction of sp³-hybridized carbons (Fsp3) is 0.342. The molecule has 2 N–H and O–H groups in total. The number of fused-ring (bicyclic) bond motifs is 4. The fourth-order valence-corrected chi connectivity index (χ4v) is 8.46. The first-order valence-electron chi connectivity index (χ1n) is 18.5. The first-order chi connectivity index (χ1) is 28.9. The number of hydrogen-bond donors (Lipinski definition) is 2. The quantitative estimate of drug-likeness (QED) is 0.112. The summed E-state index contributed by atoms with van der Waals surface area (Å²) in [6.45, 7) is -0.253. The van der Waals surface area contributed by atoms with Gasteiger partial charge in [-0.3, -0.25) is 28.2 Å². The van der Waals surface area contributed by atoms with Crippen molar-refractivity contribution in [3.63, 3.8) is 0 Å². The van der Waals surface area contributed by atoms with Gasteiger partial charge in [0.1, 0.15) is 58.6 Å². The number of anilines is 1. The van der Waals surface area contributed by atoms with Gasteiger partial charge in [0.25, 0.3) is 24.3 Å². The topological polar surface area (TPSA) is 155 Å². The lowest BCUT2D eigenvalue weighted by Crippen LogP contribution is -2.38. The zero-order valence-electron chi connectivity index (χ0n) is 31.7. The van der Waals surface area contributed by atoms with Crippen molar-refractivity contribution in [2.75, 3.05) is 11.0 Å². The van der Waals surface area contributed by atoms with Crippen LogP contribution in [0.1, 0.15) is 65.6 Å². The summed E-state index contributed by atoms with van der Waals surface area (Å²) in [4.78, 5) is 41.8. The van der Waals surface area contributed by atoms with E-state index < -0.39 is 107 Å². The Hall–Kier alpha value is -5.77. The van der Waals surface area contributed by atoms with Crippen molar-refractivity contribution in [3.8, 4) is 17.2 Å². The molecule has 1 fully saturated rings. The minimum atomic E-state index is -3.58. The number of hydrogen-bond acceptors (Lipinski definition) is 8. The highest BCUT2D eigenvalue weighted by atomic mass is 35.5. The van der Waals surface area contributed by atoms with Crippen molar-refractivity contribution in [1.29, 1.82) is 0 Å². The molecule has 4 aromatic heterocycles. The van der Waals surface area contributed by atoms with Crippen molar-refractivity contribution in [2.45, 2.75) is 70.0 Å². The smallest absolute Gasteiger partial charge is 0.293 e. The van der Waals surface area contributed by atoms with E-state index in [-0.39, 0.29) is 56.5 Å². The largest absolute Gasteiger partial charge is 0.344 e. The zero-order chi connectivity index (χ0) is 43.7. The van der Waals surface area contributed by atoms with Crippen LogP contribution in [0.3, 0.4) is 0 Å². The van der Waals surface area contributed by atoms with Crippen LogP contribution in [0.5, 0.6) is 0 Å². The Morgan fingerprint density at radius 2 is 1.72 bits per heavy atom. The molecule has 4 unspecified atom stereocenters. The number of halogens is 9. The van der Waals surface area contributed by atoms with Crippen LogP contribution >= 0.6 is 11.6 Å². The van der Waals surface area contributed by atoms with Crippen molar-refractivity contribution in [2.24, 2.45) is 5.92 Å². The molecule has 0 saturated heterocycles. The second-order valence-electron chi connectivity index (χ2n) is 14.5. The molecule has 13 nitrogen and oxygen atoms in total. The van der Waals surface area contributed by atoms with Gasteiger partial charge in [-0.15, -0.1) is 0 Å². The highest BCUT2D eigenvalue weighted by molar-refractivity contribution is 7.85. The van der Waals surface area contributed by atoms with E-state index in [2.05, 4.69) is 35.2 Å². The second-order valence-corrected chi connectivity index (χ2v) is 16.0. The first-order valence-corrected chi connectivity index (χ1v) is 20.4. The third-order valence-corrected chi connectivity index (χ3v) is 11.2. The molecular weight excluding hydrogens is 864 g/mol. The molecular formula is C38H31ClF8N10O3S. The SMILES string of the molecule is CCc1cnc(-c2cc(=O)n(-c3ccc(Cl)c4c(NS(C)=O)nn(CC(F)F)c34)c(C(Cc3cc(F)cc(F)c3)NC(=O)Cn3nc(C(F)F)c4c3C(F)(F)C3CC43)n2)nc1. The van der Waals surface area contributed by atoms with Gasteiger partial charge in [0.05, 0.1) is 27.7 Å². The van der Waals surface area contributed by atoms with Crippen LogP contribution in [0.4, 0.5) is 40.9 Å². The Morgan fingerprint density at radius 3 is 2.36 bits per heavy atom. The van der Waals surface area contributed by atoms with E-state index in [1.165, 1.54) is 30.8 Å². The maximum Gasteiger partial charge on any atom is 0.293 e. The molecule has 4 atom stereocenters. The van der Waals surface area contributed by atoms with E-state index in [0.717, 1.165) is 27.4 Å². The van der Waals surface area contributed by atoms with Crippen molar-refractivity contribution in [1.82, 2.24) is 44.4 Å². The molecule has 61 heavy (non-hydrogen) atoms. The van der Waals surface area contributed by atoms with E-state index in [4.69, 9.17) is 11.6 Å². The number of alkyl halides is 6. The van der Waals surface area contributed by atoms with Gasteiger partial charge in [-0.1, -0.05) is 18.5 Å². The third kappa shape index (κ3) is 7.86. The average Bonchev–Trinajstić information content (AvgIpc) is 3.71. The summed E-state index contributed by atoms with van der Waals surface area (Å²) in [6, 6.07) is 4.33. The molecule has 1 saturated carbocycles. The Bertz CT molecular complexity index is 2780.